The van der Waals surface area contributed by atoms with E-state index in [1.807, 2.05) is 0 Å². The van der Waals surface area contributed by atoms with E-state index in [0.29, 0.717) is 12.6 Å². The van der Waals surface area contributed by atoms with E-state index in [-0.39, 0.29) is 18.1 Å². The predicted octanol–water partition coefficient (Wildman–Crippen LogP) is 4.98. The van der Waals surface area contributed by atoms with Crippen molar-refractivity contribution in [3.05, 3.63) is 59.7 Å². The Morgan fingerprint density at radius 1 is 1.03 bits per heavy atom. The molecular formula is C28H26N4O2. The number of aromatic nitrogens is 2. The number of hydrogen-bond acceptors (Lipinski definition) is 3. The van der Waals surface area contributed by atoms with Gasteiger partial charge in [0.05, 0.1) is 27.6 Å². The molecular weight excluding hydrogens is 424 g/mol. The summed E-state index contributed by atoms with van der Waals surface area (Å²) in [7, 11) is 2.06. The summed E-state index contributed by atoms with van der Waals surface area (Å²) in [5, 5.41) is 11.3. The molecule has 0 radical (unpaired) electrons. The SMILES string of the molecule is CN[C@H]1C[C@@H]2O[C@](C)([C@H]1C)n1c3ccccc3c3c4c(c5c6ccccc6n2c5c31)C(=O)NC4. The Kier molecular flexibility index (Phi) is 3.36. The smallest absolute Gasteiger partial charge is 0.252 e. The molecule has 3 aliphatic heterocycles. The Morgan fingerprint density at radius 2 is 1.74 bits per heavy atom. The van der Waals surface area contributed by atoms with Crippen molar-refractivity contribution in [1.29, 1.82) is 0 Å². The van der Waals surface area contributed by atoms with Crippen molar-refractivity contribution in [1.82, 2.24) is 19.8 Å². The maximum atomic E-state index is 13.3. The Balaban J connectivity index is 1.74. The lowest BCUT2D eigenvalue weighted by Crippen LogP contribution is -2.54. The van der Waals surface area contributed by atoms with Crippen molar-refractivity contribution in [3.8, 4) is 0 Å². The van der Waals surface area contributed by atoms with Crippen molar-refractivity contribution in [2.45, 2.75) is 44.8 Å². The highest BCUT2D eigenvalue weighted by atomic mass is 16.5. The average Bonchev–Trinajstić information content (AvgIpc) is 3.48. The van der Waals surface area contributed by atoms with Gasteiger partial charge in [-0.2, -0.15) is 0 Å². The van der Waals surface area contributed by atoms with Crippen LogP contribution in [0.1, 0.15) is 42.4 Å². The molecule has 1 saturated heterocycles. The zero-order valence-corrected chi connectivity index (χ0v) is 19.5. The molecule has 1 amide bonds. The second kappa shape index (κ2) is 6.01. The van der Waals surface area contributed by atoms with E-state index in [4.69, 9.17) is 4.74 Å². The first-order valence-electron chi connectivity index (χ1n) is 12.2. The summed E-state index contributed by atoms with van der Waals surface area (Å²) >= 11 is 0. The quantitative estimate of drug-likeness (QED) is 0.379. The zero-order chi connectivity index (χ0) is 22.9. The van der Waals surface area contributed by atoms with Crippen molar-refractivity contribution >= 4 is 49.5 Å². The van der Waals surface area contributed by atoms with Crippen LogP contribution in [0.3, 0.4) is 0 Å². The number of carbonyl (C=O) groups excluding carboxylic acids is 1. The molecule has 0 unspecified atom stereocenters. The fourth-order valence-electron chi connectivity index (χ4n) is 7.25. The summed E-state index contributed by atoms with van der Waals surface area (Å²) in [5.41, 5.74) is 6.01. The molecule has 3 aromatic carbocycles. The minimum atomic E-state index is -0.546. The standard InChI is InChI=1S/C28H26N4O2/c1-14-18(29-3)12-21-31-19-10-6-4-8-15(19)23-24-17(13-30-27(24)33)22-16-9-5-7-11-20(16)32(26(22)25(23)31)28(14,2)34-21/h4-11,14,18,21,29H,12-13H2,1-3H3,(H,30,33)/t14-,18-,21-,28+/m0/s1. The van der Waals surface area contributed by atoms with Crippen LogP contribution in [0.4, 0.5) is 0 Å². The van der Waals surface area contributed by atoms with Gasteiger partial charge in [-0.15, -0.1) is 0 Å². The number of rotatable bonds is 1. The predicted molar refractivity (Wildman–Crippen MR) is 134 cm³/mol. The number of nitrogens with zero attached hydrogens (tertiary/aromatic N) is 2. The van der Waals surface area contributed by atoms with Crippen molar-refractivity contribution < 1.29 is 9.53 Å². The highest BCUT2D eigenvalue weighted by molar-refractivity contribution is 6.31. The first-order valence-corrected chi connectivity index (χ1v) is 12.2. The van der Waals surface area contributed by atoms with Gasteiger partial charge in [-0.05, 0) is 31.7 Å². The van der Waals surface area contributed by atoms with Crippen LogP contribution in [0.25, 0.3) is 43.6 Å². The largest absolute Gasteiger partial charge is 0.348 e. The maximum Gasteiger partial charge on any atom is 0.252 e. The summed E-state index contributed by atoms with van der Waals surface area (Å²) in [6.45, 7) is 5.10. The Bertz CT molecular complexity index is 1730. The highest BCUT2D eigenvalue weighted by Crippen LogP contribution is 2.54. The van der Waals surface area contributed by atoms with Crippen molar-refractivity contribution in [3.63, 3.8) is 0 Å². The lowest BCUT2D eigenvalue weighted by molar-refractivity contribution is -0.224. The first kappa shape index (κ1) is 19.0. The molecule has 5 aromatic rings. The Hall–Kier alpha value is -3.35. The fraction of sp³-hybridized carbons (Fsp3) is 0.321. The Morgan fingerprint density at radius 3 is 2.50 bits per heavy atom. The summed E-state index contributed by atoms with van der Waals surface area (Å²) in [5.74, 6) is 0.268. The molecule has 0 spiro atoms. The molecule has 4 atom stereocenters. The zero-order valence-electron chi connectivity index (χ0n) is 19.5. The number of carbonyl (C=O) groups is 1. The highest BCUT2D eigenvalue weighted by Gasteiger charge is 2.50. The van der Waals surface area contributed by atoms with Gasteiger partial charge in [-0.1, -0.05) is 43.3 Å². The summed E-state index contributed by atoms with van der Waals surface area (Å²) in [6, 6.07) is 17.4. The molecule has 0 saturated carbocycles. The number of benzene rings is 3. The van der Waals surface area contributed by atoms with Crippen LogP contribution in [0.5, 0.6) is 0 Å². The molecule has 5 heterocycles. The van der Waals surface area contributed by atoms with Crippen LogP contribution >= 0.6 is 0 Å². The molecule has 0 aliphatic carbocycles. The van der Waals surface area contributed by atoms with Gasteiger partial charge in [0.2, 0.25) is 0 Å². The van der Waals surface area contributed by atoms with E-state index in [1.54, 1.807) is 0 Å². The van der Waals surface area contributed by atoms with Crippen LogP contribution in [-0.2, 0) is 17.0 Å². The van der Waals surface area contributed by atoms with Crippen LogP contribution < -0.4 is 10.6 Å². The van der Waals surface area contributed by atoms with Gasteiger partial charge >= 0.3 is 0 Å². The number of para-hydroxylation sites is 2. The van der Waals surface area contributed by atoms with Gasteiger partial charge in [-0.25, -0.2) is 0 Å². The topological polar surface area (TPSA) is 60.2 Å². The molecule has 3 aliphatic rings. The van der Waals surface area contributed by atoms with Gasteiger partial charge in [0.15, 0.2) is 0 Å². The molecule has 2 N–H and O–H groups in total. The van der Waals surface area contributed by atoms with Gasteiger partial charge in [0.1, 0.15) is 12.0 Å². The lowest BCUT2D eigenvalue weighted by Gasteiger charge is -2.48. The van der Waals surface area contributed by atoms with E-state index in [0.717, 1.165) is 44.9 Å². The van der Waals surface area contributed by atoms with Gasteiger partial charge in [0, 0.05) is 46.5 Å². The maximum absolute atomic E-state index is 13.3. The molecule has 2 bridgehead atoms. The summed E-state index contributed by atoms with van der Waals surface area (Å²) in [4.78, 5) is 13.3. The second-order valence-corrected chi connectivity index (χ2v) is 10.3. The molecule has 1 fully saturated rings. The van der Waals surface area contributed by atoms with Crippen LogP contribution in [-0.4, -0.2) is 28.1 Å². The van der Waals surface area contributed by atoms with E-state index < -0.39 is 5.72 Å². The third-order valence-corrected chi connectivity index (χ3v) is 8.90. The number of fused-ring (bicyclic) bond motifs is 13. The van der Waals surface area contributed by atoms with E-state index in [9.17, 15) is 4.79 Å². The summed E-state index contributed by atoms with van der Waals surface area (Å²) < 4.78 is 12.0. The fourth-order valence-corrected chi connectivity index (χ4v) is 7.25. The van der Waals surface area contributed by atoms with Gasteiger partial charge in [0.25, 0.3) is 5.91 Å². The number of ether oxygens (including phenoxy) is 1. The number of hydrogen-bond donors (Lipinski definition) is 2. The summed E-state index contributed by atoms with van der Waals surface area (Å²) in [6.07, 6.45) is 0.736. The lowest BCUT2D eigenvalue weighted by atomic mass is 9.85. The normalized spacial score (nSPS) is 27.7. The van der Waals surface area contributed by atoms with E-state index in [1.165, 1.54) is 16.3 Å². The van der Waals surface area contributed by atoms with Gasteiger partial charge in [-0.3, -0.25) is 4.79 Å². The third-order valence-electron chi connectivity index (χ3n) is 8.90. The number of nitrogens with one attached hydrogen (secondary N) is 2. The van der Waals surface area contributed by atoms with Gasteiger partial charge < -0.3 is 24.5 Å². The monoisotopic (exact) mass is 450 g/mol. The Labute approximate surface area is 196 Å². The van der Waals surface area contributed by atoms with Crippen LogP contribution in [0.2, 0.25) is 0 Å². The average molecular weight is 451 g/mol. The first-order chi connectivity index (χ1) is 16.5. The molecule has 170 valence electrons. The minimum absolute atomic E-state index is 0.0254. The molecule has 34 heavy (non-hydrogen) atoms. The van der Waals surface area contributed by atoms with Crippen molar-refractivity contribution in [2.75, 3.05) is 7.05 Å². The molecule has 2 aromatic heterocycles. The third kappa shape index (κ3) is 1.93. The number of amides is 1. The van der Waals surface area contributed by atoms with Crippen LogP contribution in [0.15, 0.2) is 48.5 Å². The van der Waals surface area contributed by atoms with E-state index in [2.05, 4.69) is 89.2 Å². The van der Waals surface area contributed by atoms with E-state index >= 15 is 0 Å². The molecule has 8 rings (SSSR count). The molecule has 6 nitrogen and oxygen atoms in total. The van der Waals surface area contributed by atoms with Crippen LogP contribution in [0, 0.1) is 5.92 Å². The van der Waals surface area contributed by atoms with Crippen molar-refractivity contribution in [2.24, 2.45) is 5.92 Å². The minimum Gasteiger partial charge on any atom is -0.348 e. The molecule has 6 heteroatoms. The second-order valence-electron chi connectivity index (χ2n) is 10.3.